The van der Waals surface area contributed by atoms with Crippen molar-refractivity contribution in [3.63, 3.8) is 0 Å². The molecule has 9 nitrogen and oxygen atoms in total. The molecule has 0 fully saturated rings. The van der Waals surface area contributed by atoms with E-state index in [-0.39, 0.29) is 27.9 Å². The number of ether oxygens (including phenoxy) is 2. The fourth-order valence-corrected chi connectivity index (χ4v) is 4.01. The second-order valence-corrected chi connectivity index (χ2v) is 8.21. The van der Waals surface area contributed by atoms with Gasteiger partial charge >= 0.3 is 6.36 Å². The molecule has 0 saturated heterocycles. The van der Waals surface area contributed by atoms with Crippen LogP contribution in [0, 0.1) is 0 Å². The Kier molecular flexibility index (Phi) is 7.84. The quantitative estimate of drug-likeness (QED) is 0.274. The van der Waals surface area contributed by atoms with E-state index >= 15 is 0 Å². The minimum Gasteiger partial charge on any atom is -0.457 e. The number of halogens is 3. The van der Waals surface area contributed by atoms with Gasteiger partial charge in [0.15, 0.2) is 9.84 Å². The Balaban J connectivity index is 2.10. The third kappa shape index (κ3) is 7.10. The molecular formula is C18H18F3NO8S. The summed E-state index contributed by atoms with van der Waals surface area (Å²) in [6.07, 6.45) is -6.62. The molecule has 2 aromatic carbocycles. The largest absolute Gasteiger partial charge is 0.573 e. The van der Waals surface area contributed by atoms with Crippen molar-refractivity contribution in [1.29, 1.82) is 0 Å². The molecule has 1 amide bonds. The second-order valence-electron chi connectivity index (χ2n) is 6.18. The number of rotatable bonds is 10. The number of carbonyl (C=O) groups is 1. The number of benzene rings is 2. The molecule has 1 unspecified atom stereocenters. The molecule has 0 bridgehead atoms. The predicted molar refractivity (Wildman–Crippen MR) is 98.3 cm³/mol. The highest BCUT2D eigenvalue weighted by Crippen LogP contribution is 2.28. The van der Waals surface area contributed by atoms with Gasteiger partial charge in [-0.15, -0.1) is 13.2 Å². The van der Waals surface area contributed by atoms with Crippen LogP contribution in [0.15, 0.2) is 53.4 Å². The zero-order valence-corrected chi connectivity index (χ0v) is 16.5. The van der Waals surface area contributed by atoms with E-state index < -0.39 is 46.5 Å². The zero-order chi connectivity index (χ0) is 23.2. The lowest BCUT2D eigenvalue weighted by molar-refractivity contribution is -0.274. The molecule has 0 radical (unpaired) electrons. The van der Waals surface area contributed by atoms with Crippen LogP contribution in [-0.4, -0.2) is 66.2 Å². The molecule has 0 aliphatic rings. The van der Waals surface area contributed by atoms with Gasteiger partial charge in [0.2, 0.25) is 6.41 Å². The van der Waals surface area contributed by atoms with Crippen molar-refractivity contribution in [2.75, 3.05) is 12.4 Å². The van der Waals surface area contributed by atoms with Crippen molar-refractivity contribution in [3.8, 4) is 17.2 Å². The molecule has 170 valence electrons. The molecule has 0 aliphatic carbocycles. The summed E-state index contributed by atoms with van der Waals surface area (Å²) < 4.78 is 70.7. The number of aliphatic hydroxyl groups is 2. The topological polar surface area (TPSA) is 134 Å². The lowest BCUT2D eigenvalue weighted by Crippen LogP contribution is -2.47. The van der Waals surface area contributed by atoms with Crippen molar-refractivity contribution in [2.24, 2.45) is 0 Å². The van der Waals surface area contributed by atoms with Gasteiger partial charge < -0.3 is 19.7 Å². The first-order valence-electron chi connectivity index (χ1n) is 8.53. The van der Waals surface area contributed by atoms with Gasteiger partial charge in [-0.25, -0.2) is 13.5 Å². The highest BCUT2D eigenvalue weighted by atomic mass is 32.2. The van der Waals surface area contributed by atoms with E-state index in [2.05, 4.69) is 4.74 Å². The normalized spacial score (nSPS) is 13.9. The summed E-state index contributed by atoms with van der Waals surface area (Å²) in [5.74, 6) is -0.968. The first-order chi connectivity index (χ1) is 14.4. The maximum absolute atomic E-state index is 12.5. The summed E-state index contributed by atoms with van der Waals surface area (Å²) in [5.41, 5.74) is 0. The fraction of sp³-hybridized carbons (Fsp3) is 0.278. The Morgan fingerprint density at radius 2 is 1.48 bits per heavy atom. The summed E-state index contributed by atoms with van der Waals surface area (Å²) >= 11 is 0. The van der Waals surface area contributed by atoms with Crippen molar-refractivity contribution in [1.82, 2.24) is 5.06 Å². The molecule has 2 atom stereocenters. The first kappa shape index (κ1) is 24.4. The van der Waals surface area contributed by atoms with Crippen LogP contribution >= 0.6 is 0 Å². The summed E-state index contributed by atoms with van der Waals surface area (Å²) in [5, 5.41) is 28.1. The number of sulfone groups is 1. The van der Waals surface area contributed by atoms with E-state index in [0.717, 1.165) is 24.3 Å². The minimum absolute atomic E-state index is 0.0396. The third-order valence-electron chi connectivity index (χ3n) is 3.95. The second kappa shape index (κ2) is 9.96. The van der Waals surface area contributed by atoms with Gasteiger partial charge in [-0.05, 0) is 48.5 Å². The maximum atomic E-state index is 12.5. The molecule has 3 N–H and O–H groups in total. The van der Waals surface area contributed by atoms with Crippen LogP contribution in [-0.2, 0) is 14.6 Å². The summed E-state index contributed by atoms with van der Waals surface area (Å²) in [6.45, 7) is -0.884. The third-order valence-corrected chi connectivity index (χ3v) is 5.72. The monoisotopic (exact) mass is 465 g/mol. The van der Waals surface area contributed by atoms with Crippen LogP contribution in [0.25, 0.3) is 0 Å². The minimum atomic E-state index is -4.82. The number of carbonyl (C=O) groups excluding carboxylic acids is 1. The van der Waals surface area contributed by atoms with Crippen LogP contribution in [0.2, 0.25) is 0 Å². The van der Waals surface area contributed by atoms with Gasteiger partial charge in [-0.1, -0.05) is 0 Å². The van der Waals surface area contributed by atoms with E-state index in [1.165, 1.54) is 24.3 Å². The standard InChI is InChI=1S/C18H18F3NO8S/c19-18(20,21)30-14-3-1-12(2-4-14)29-13-5-7-15(8-6-13)31(27,28)10-16(17(25)9-23)22(26)11-24/h1-8,11,16-17,23,25-26H,9-10H2/t16?,17-/m0/s1. The predicted octanol–water partition coefficient (Wildman–Crippen LogP) is 1.72. The van der Waals surface area contributed by atoms with Crippen LogP contribution in [0.1, 0.15) is 0 Å². The maximum Gasteiger partial charge on any atom is 0.573 e. The van der Waals surface area contributed by atoms with Crippen LogP contribution in [0.4, 0.5) is 13.2 Å². The summed E-state index contributed by atoms with van der Waals surface area (Å²) in [6, 6.07) is 7.82. The summed E-state index contributed by atoms with van der Waals surface area (Å²) in [7, 11) is -4.09. The van der Waals surface area contributed by atoms with Crippen LogP contribution in [0.5, 0.6) is 17.2 Å². The van der Waals surface area contributed by atoms with Crippen molar-refractivity contribution in [2.45, 2.75) is 23.4 Å². The van der Waals surface area contributed by atoms with Crippen molar-refractivity contribution >= 4 is 16.2 Å². The highest BCUT2D eigenvalue weighted by Gasteiger charge is 2.32. The highest BCUT2D eigenvalue weighted by molar-refractivity contribution is 7.91. The Bertz CT molecular complexity index is 965. The molecule has 2 rings (SSSR count). The Hall–Kier alpha value is -2.87. The number of hydroxylamine groups is 2. The fourth-order valence-electron chi connectivity index (χ4n) is 2.45. The van der Waals surface area contributed by atoms with E-state index in [1.807, 2.05) is 0 Å². The molecule has 0 aliphatic heterocycles. The molecule has 0 saturated carbocycles. The van der Waals surface area contributed by atoms with Gasteiger partial charge in [-0.3, -0.25) is 10.0 Å². The van der Waals surface area contributed by atoms with E-state index in [4.69, 9.17) is 9.84 Å². The first-order valence-corrected chi connectivity index (χ1v) is 10.2. The Morgan fingerprint density at radius 1 is 1.00 bits per heavy atom. The average Bonchev–Trinajstić information content (AvgIpc) is 2.71. The smallest absolute Gasteiger partial charge is 0.457 e. The molecule has 0 heterocycles. The molecule has 2 aromatic rings. The van der Waals surface area contributed by atoms with Crippen LogP contribution in [0.3, 0.4) is 0 Å². The van der Waals surface area contributed by atoms with Gasteiger partial charge in [0.25, 0.3) is 0 Å². The van der Waals surface area contributed by atoms with Gasteiger partial charge in [-0.2, -0.15) is 0 Å². The van der Waals surface area contributed by atoms with E-state index in [1.54, 1.807) is 0 Å². The number of aliphatic hydroxyl groups excluding tert-OH is 2. The van der Waals surface area contributed by atoms with Crippen LogP contribution < -0.4 is 9.47 Å². The SMILES string of the molecule is O=CN(O)C(CS(=O)(=O)c1ccc(Oc2ccc(OC(F)(F)F)cc2)cc1)[C@@H](O)CO. The molecule has 0 aromatic heterocycles. The van der Waals surface area contributed by atoms with Gasteiger partial charge in [0.1, 0.15) is 29.4 Å². The number of hydrogen-bond acceptors (Lipinski definition) is 8. The summed E-state index contributed by atoms with van der Waals surface area (Å²) in [4.78, 5) is 10.5. The number of nitrogens with zero attached hydrogens (tertiary/aromatic N) is 1. The molecular weight excluding hydrogens is 447 g/mol. The lowest BCUT2D eigenvalue weighted by atomic mass is 10.2. The Morgan fingerprint density at radius 3 is 1.94 bits per heavy atom. The molecule has 0 spiro atoms. The lowest BCUT2D eigenvalue weighted by Gasteiger charge is -2.25. The van der Waals surface area contributed by atoms with Gasteiger partial charge in [0, 0.05) is 0 Å². The zero-order valence-electron chi connectivity index (χ0n) is 15.6. The van der Waals surface area contributed by atoms with E-state index in [0.29, 0.717) is 0 Å². The average molecular weight is 465 g/mol. The molecule has 31 heavy (non-hydrogen) atoms. The van der Waals surface area contributed by atoms with Gasteiger partial charge in [0.05, 0.1) is 17.3 Å². The number of alkyl halides is 3. The number of hydrogen-bond donors (Lipinski definition) is 3. The Labute approximate surface area is 174 Å². The van der Waals surface area contributed by atoms with Crippen molar-refractivity contribution in [3.05, 3.63) is 48.5 Å². The van der Waals surface area contributed by atoms with E-state index in [9.17, 15) is 36.7 Å². The molecule has 13 heteroatoms. The van der Waals surface area contributed by atoms with Crippen molar-refractivity contribution < 1.29 is 51.3 Å². The number of amides is 1.